The van der Waals surface area contributed by atoms with Gasteiger partial charge in [-0.05, 0) is 56.0 Å². The quantitative estimate of drug-likeness (QED) is 0.887. The van der Waals surface area contributed by atoms with Crippen molar-refractivity contribution in [3.05, 3.63) is 70.8 Å². The topological polar surface area (TPSA) is 40.5 Å². The van der Waals surface area contributed by atoms with Gasteiger partial charge in [0.05, 0.1) is 5.56 Å². The van der Waals surface area contributed by atoms with Gasteiger partial charge in [0, 0.05) is 6.54 Å². The molecule has 1 aliphatic rings. The number of carboxylic acids is 1. The Morgan fingerprint density at radius 2 is 1.79 bits per heavy atom. The van der Waals surface area contributed by atoms with Gasteiger partial charge in [0.2, 0.25) is 0 Å². The van der Waals surface area contributed by atoms with Crippen LogP contribution in [0.4, 0.5) is 0 Å². The molecule has 2 aromatic carbocycles. The van der Waals surface area contributed by atoms with E-state index in [1.807, 2.05) is 19.1 Å². The smallest absolute Gasteiger partial charge is 0.335 e. The van der Waals surface area contributed by atoms with E-state index in [2.05, 4.69) is 35.2 Å². The van der Waals surface area contributed by atoms with Crippen molar-refractivity contribution < 1.29 is 9.90 Å². The molecule has 0 aliphatic carbocycles. The molecule has 1 N–H and O–H groups in total. The molecule has 1 aliphatic heterocycles. The number of hydrogen-bond donors (Lipinski definition) is 1. The van der Waals surface area contributed by atoms with E-state index < -0.39 is 5.97 Å². The minimum atomic E-state index is -0.813. The van der Waals surface area contributed by atoms with Gasteiger partial charge >= 0.3 is 5.97 Å². The minimum Gasteiger partial charge on any atom is -0.478 e. The van der Waals surface area contributed by atoms with E-state index in [-0.39, 0.29) is 12.4 Å². The first-order valence-electron chi connectivity index (χ1n) is 8.23. The fraction of sp³-hybridized carbons (Fsp3) is 0.350. The fourth-order valence-electron chi connectivity index (χ4n) is 3.46. The summed E-state index contributed by atoms with van der Waals surface area (Å²) in [6, 6.07) is 16.2. The number of rotatable bonds is 4. The summed E-state index contributed by atoms with van der Waals surface area (Å²) in [6.45, 7) is 5.05. The summed E-state index contributed by atoms with van der Waals surface area (Å²) in [5.41, 5.74) is 3.96. The van der Waals surface area contributed by atoms with Gasteiger partial charge in [-0.15, -0.1) is 12.4 Å². The van der Waals surface area contributed by atoms with Crippen LogP contribution in [0, 0.1) is 6.92 Å². The molecule has 1 fully saturated rings. The number of piperidine rings is 1. The maximum Gasteiger partial charge on any atom is 0.335 e. The maximum atomic E-state index is 11.5. The average molecular weight is 346 g/mol. The van der Waals surface area contributed by atoms with Crippen LogP contribution in [0.5, 0.6) is 0 Å². The average Bonchev–Trinajstić information content (AvgIpc) is 2.56. The molecule has 4 heteroatoms. The molecule has 1 saturated heterocycles. The van der Waals surface area contributed by atoms with E-state index in [0.717, 1.165) is 43.6 Å². The van der Waals surface area contributed by atoms with Gasteiger partial charge < -0.3 is 5.11 Å². The molecule has 0 aromatic heterocycles. The Morgan fingerprint density at radius 1 is 1.12 bits per heavy atom. The number of likely N-dealkylation sites (tertiary alicyclic amines) is 1. The molecule has 0 saturated carbocycles. The van der Waals surface area contributed by atoms with Crippen molar-refractivity contribution >= 4 is 18.4 Å². The molecule has 3 rings (SSSR count). The van der Waals surface area contributed by atoms with Crippen molar-refractivity contribution in [3.63, 3.8) is 0 Å². The number of halogens is 1. The standard InChI is InChI=1S/C20H23NO2.ClH/c1-15-7-8-18(20(22)23)19(13-15)17-9-11-21(12-10-17)14-16-5-3-2-4-6-16;/h2-8,13,17H,9-12,14H2,1H3,(H,22,23);1H. The van der Waals surface area contributed by atoms with Crippen LogP contribution in [-0.2, 0) is 6.54 Å². The number of aromatic carboxylic acids is 1. The third-order valence-electron chi connectivity index (χ3n) is 4.71. The minimum absolute atomic E-state index is 0. The summed E-state index contributed by atoms with van der Waals surface area (Å²) in [5, 5.41) is 9.42. The fourth-order valence-corrected chi connectivity index (χ4v) is 3.46. The number of hydrogen-bond acceptors (Lipinski definition) is 2. The Bertz CT molecular complexity index is 679. The number of benzene rings is 2. The second kappa shape index (κ2) is 8.32. The summed E-state index contributed by atoms with van der Waals surface area (Å²) < 4.78 is 0. The van der Waals surface area contributed by atoms with E-state index in [4.69, 9.17) is 0 Å². The summed E-state index contributed by atoms with van der Waals surface area (Å²) in [5.74, 6) is -0.459. The largest absolute Gasteiger partial charge is 0.478 e. The second-order valence-electron chi connectivity index (χ2n) is 6.43. The molecule has 0 radical (unpaired) electrons. The van der Waals surface area contributed by atoms with Gasteiger partial charge in [-0.2, -0.15) is 0 Å². The van der Waals surface area contributed by atoms with E-state index in [0.29, 0.717) is 11.5 Å². The first kappa shape index (κ1) is 18.5. The van der Waals surface area contributed by atoms with E-state index >= 15 is 0 Å². The summed E-state index contributed by atoms with van der Waals surface area (Å²) >= 11 is 0. The molecule has 0 bridgehead atoms. The van der Waals surface area contributed by atoms with Crippen molar-refractivity contribution in [2.45, 2.75) is 32.2 Å². The summed E-state index contributed by atoms with van der Waals surface area (Å²) in [4.78, 5) is 13.9. The van der Waals surface area contributed by atoms with Gasteiger partial charge in [0.15, 0.2) is 0 Å². The van der Waals surface area contributed by atoms with Crippen molar-refractivity contribution in [2.24, 2.45) is 0 Å². The second-order valence-corrected chi connectivity index (χ2v) is 6.43. The van der Waals surface area contributed by atoms with Crippen LogP contribution < -0.4 is 0 Å². The zero-order chi connectivity index (χ0) is 16.2. The van der Waals surface area contributed by atoms with Crippen LogP contribution in [0.1, 0.15) is 45.8 Å². The lowest BCUT2D eigenvalue weighted by molar-refractivity contribution is 0.0694. The van der Waals surface area contributed by atoms with Crippen molar-refractivity contribution in [3.8, 4) is 0 Å². The molecule has 1 heterocycles. The molecule has 3 nitrogen and oxygen atoms in total. The highest BCUT2D eigenvalue weighted by Crippen LogP contribution is 2.31. The molecular formula is C20H24ClNO2. The van der Waals surface area contributed by atoms with Crippen molar-refractivity contribution in [2.75, 3.05) is 13.1 Å². The molecule has 2 aromatic rings. The van der Waals surface area contributed by atoms with Crippen LogP contribution in [0.3, 0.4) is 0 Å². The zero-order valence-corrected chi connectivity index (χ0v) is 14.8. The van der Waals surface area contributed by atoms with Gasteiger partial charge in [0.1, 0.15) is 0 Å². The monoisotopic (exact) mass is 345 g/mol. The predicted octanol–water partition coefficient (Wildman–Crippen LogP) is 4.49. The molecule has 24 heavy (non-hydrogen) atoms. The highest BCUT2D eigenvalue weighted by molar-refractivity contribution is 5.89. The molecule has 0 spiro atoms. The molecular weight excluding hydrogens is 322 g/mol. The van der Waals surface area contributed by atoms with Crippen LogP contribution in [-0.4, -0.2) is 29.1 Å². The van der Waals surface area contributed by atoms with Gasteiger partial charge in [-0.3, -0.25) is 4.90 Å². The van der Waals surface area contributed by atoms with E-state index in [1.165, 1.54) is 5.56 Å². The number of aryl methyl sites for hydroxylation is 1. The third kappa shape index (κ3) is 4.37. The van der Waals surface area contributed by atoms with Gasteiger partial charge in [-0.25, -0.2) is 4.79 Å². The molecule has 0 atom stereocenters. The van der Waals surface area contributed by atoms with Crippen LogP contribution in [0.25, 0.3) is 0 Å². The molecule has 128 valence electrons. The third-order valence-corrected chi connectivity index (χ3v) is 4.71. The number of nitrogens with zero attached hydrogens (tertiary/aromatic N) is 1. The normalized spacial score (nSPS) is 15.7. The lowest BCUT2D eigenvalue weighted by Gasteiger charge is -2.32. The summed E-state index contributed by atoms with van der Waals surface area (Å²) in [6.07, 6.45) is 2.05. The maximum absolute atomic E-state index is 11.5. The lowest BCUT2D eigenvalue weighted by atomic mass is 9.85. The summed E-state index contributed by atoms with van der Waals surface area (Å²) in [7, 11) is 0. The Balaban J connectivity index is 0.00000208. The Labute approximate surface area is 149 Å². The van der Waals surface area contributed by atoms with Crippen LogP contribution in [0.15, 0.2) is 48.5 Å². The molecule has 0 amide bonds. The van der Waals surface area contributed by atoms with E-state index in [9.17, 15) is 9.90 Å². The van der Waals surface area contributed by atoms with Gasteiger partial charge in [0.25, 0.3) is 0 Å². The van der Waals surface area contributed by atoms with Crippen LogP contribution >= 0.6 is 12.4 Å². The first-order chi connectivity index (χ1) is 11.1. The zero-order valence-electron chi connectivity index (χ0n) is 13.9. The highest BCUT2D eigenvalue weighted by Gasteiger charge is 2.24. The van der Waals surface area contributed by atoms with Crippen molar-refractivity contribution in [1.82, 2.24) is 4.90 Å². The molecule has 0 unspecified atom stereocenters. The Hall–Kier alpha value is -1.84. The van der Waals surface area contributed by atoms with Crippen molar-refractivity contribution in [1.29, 1.82) is 0 Å². The van der Waals surface area contributed by atoms with E-state index in [1.54, 1.807) is 6.07 Å². The Kier molecular flexibility index (Phi) is 6.41. The SMILES string of the molecule is Cc1ccc(C(=O)O)c(C2CCN(Cc3ccccc3)CC2)c1.Cl. The number of carbonyl (C=O) groups is 1. The Morgan fingerprint density at radius 3 is 2.42 bits per heavy atom. The predicted molar refractivity (Wildman–Crippen MR) is 99.1 cm³/mol. The van der Waals surface area contributed by atoms with Crippen LogP contribution in [0.2, 0.25) is 0 Å². The lowest BCUT2D eigenvalue weighted by Crippen LogP contribution is -2.32. The van der Waals surface area contributed by atoms with Gasteiger partial charge in [-0.1, -0.05) is 48.0 Å². The first-order valence-corrected chi connectivity index (χ1v) is 8.23. The number of carboxylic acid groups (broad SMARTS) is 1. The highest BCUT2D eigenvalue weighted by atomic mass is 35.5.